The molecule has 3 aromatic rings. The Morgan fingerprint density at radius 1 is 1.00 bits per heavy atom. The number of rotatable bonds is 3. The van der Waals surface area contributed by atoms with Gasteiger partial charge in [-0.1, -0.05) is 54.6 Å². The fourth-order valence-corrected chi connectivity index (χ4v) is 3.38. The Morgan fingerprint density at radius 3 is 2.58 bits per heavy atom. The van der Waals surface area contributed by atoms with Gasteiger partial charge in [-0.15, -0.1) is 0 Å². The minimum absolute atomic E-state index is 0.0247. The Hall–Kier alpha value is -2.72. The van der Waals surface area contributed by atoms with Gasteiger partial charge >= 0.3 is 0 Å². The summed E-state index contributed by atoms with van der Waals surface area (Å²) < 4.78 is 0. The number of pyridine rings is 1. The van der Waals surface area contributed by atoms with Gasteiger partial charge in [-0.3, -0.25) is 4.79 Å². The van der Waals surface area contributed by atoms with Crippen molar-refractivity contribution in [2.45, 2.75) is 5.92 Å². The molecule has 120 valence electrons. The molecule has 0 unspecified atom stereocenters. The van der Waals surface area contributed by atoms with Crippen LogP contribution < -0.4 is 10.6 Å². The summed E-state index contributed by atoms with van der Waals surface area (Å²) in [5.41, 5.74) is 1.20. The molecule has 2 aromatic carbocycles. The van der Waals surface area contributed by atoms with Crippen molar-refractivity contribution < 1.29 is 4.79 Å². The highest BCUT2D eigenvalue weighted by Gasteiger charge is 2.34. The summed E-state index contributed by atoms with van der Waals surface area (Å²) in [6, 6.07) is 20.2. The molecule has 1 aliphatic rings. The lowest BCUT2D eigenvalue weighted by molar-refractivity contribution is -0.119. The van der Waals surface area contributed by atoms with Gasteiger partial charge in [0.1, 0.15) is 5.82 Å². The van der Waals surface area contributed by atoms with Crippen LogP contribution in [0.25, 0.3) is 10.8 Å². The Bertz CT molecular complexity index is 863. The smallest absolute Gasteiger partial charge is 0.230 e. The van der Waals surface area contributed by atoms with Crippen LogP contribution in [0.15, 0.2) is 66.9 Å². The SMILES string of the molecule is O=C(Nc1cc2ccccc2cn1)[C@@H]1CNC[C@H]1c1ccccc1. The number of nitrogens with zero attached hydrogens (tertiary/aromatic N) is 1. The van der Waals surface area contributed by atoms with E-state index in [1.165, 1.54) is 5.56 Å². The van der Waals surface area contributed by atoms with Crippen LogP contribution in [0.2, 0.25) is 0 Å². The second kappa shape index (κ2) is 6.42. The average Bonchev–Trinajstić information content (AvgIpc) is 3.12. The number of carbonyl (C=O) groups is 1. The monoisotopic (exact) mass is 317 g/mol. The highest BCUT2D eigenvalue weighted by Crippen LogP contribution is 2.29. The number of fused-ring (bicyclic) bond motifs is 1. The molecule has 4 heteroatoms. The van der Waals surface area contributed by atoms with Crippen molar-refractivity contribution in [3.05, 3.63) is 72.4 Å². The molecule has 1 aromatic heterocycles. The second-order valence-electron chi connectivity index (χ2n) is 6.19. The highest BCUT2D eigenvalue weighted by molar-refractivity contribution is 5.95. The molecule has 1 fully saturated rings. The van der Waals surface area contributed by atoms with Gasteiger partial charge in [0.05, 0.1) is 5.92 Å². The molecule has 1 saturated heterocycles. The summed E-state index contributed by atoms with van der Waals surface area (Å²) in [6.45, 7) is 1.52. The van der Waals surface area contributed by atoms with Gasteiger partial charge in [0.25, 0.3) is 0 Å². The second-order valence-corrected chi connectivity index (χ2v) is 6.19. The number of nitrogens with one attached hydrogen (secondary N) is 2. The number of amides is 1. The molecule has 0 bridgehead atoms. The molecule has 0 saturated carbocycles. The number of hydrogen-bond acceptors (Lipinski definition) is 3. The summed E-state index contributed by atoms with van der Waals surface area (Å²) in [5.74, 6) is 0.751. The third-order valence-electron chi connectivity index (χ3n) is 4.66. The van der Waals surface area contributed by atoms with E-state index in [1.54, 1.807) is 6.20 Å². The Balaban J connectivity index is 1.54. The molecular formula is C20H19N3O. The van der Waals surface area contributed by atoms with Gasteiger partial charge in [0, 0.05) is 30.6 Å². The molecule has 1 amide bonds. The predicted octanol–water partition coefficient (Wildman–Crippen LogP) is 3.18. The molecule has 0 spiro atoms. The number of aromatic nitrogens is 1. The van der Waals surface area contributed by atoms with E-state index in [0.29, 0.717) is 12.4 Å². The van der Waals surface area contributed by atoms with Crippen molar-refractivity contribution in [1.82, 2.24) is 10.3 Å². The minimum atomic E-state index is -0.0827. The van der Waals surface area contributed by atoms with Gasteiger partial charge in [0.2, 0.25) is 5.91 Å². The standard InChI is InChI=1S/C20H19N3O/c24-20(18-13-21-12-17(18)14-6-2-1-3-7-14)23-19-10-15-8-4-5-9-16(15)11-22-19/h1-11,17-18,21H,12-13H2,(H,22,23,24)/t17-,18+/m0/s1. The molecule has 0 aliphatic carbocycles. The molecule has 24 heavy (non-hydrogen) atoms. The number of anilines is 1. The van der Waals surface area contributed by atoms with Crippen molar-refractivity contribution in [1.29, 1.82) is 0 Å². The summed E-state index contributed by atoms with van der Waals surface area (Å²) in [6.07, 6.45) is 1.80. The fourth-order valence-electron chi connectivity index (χ4n) is 3.38. The predicted molar refractivity (Wildman–Crippen MR) is 95.9 cm³/mol. The quantitative estimate of drug-likeness (QED) is 0.780. The van der Waals surface area contributed by atoms with Crippen molar-refractivity contribution in [2.75, 3.05) is 18.4 Å². The average molecular weight is 317 g/mol. The van der Waals surface area contributed by atoms with Crippen LogP contribution in [0.3, 0.4) is 0 Å². The van der Waals surface area contributed by atoms with Crippen LogP contribution >= 0.6 is 0 Å². The van der Waals surface area contributed by atoms with Crippen LogP contribution in [0.5, 0.6) is 0 Å². The van der Waals surface area contributed by atoms with Crippen molar-refractivity contribution in [2.24, 2.45) is 5.92 Å². The molecule has 2 N–H and O–H groups in total. The first-order valence-corrected chi connectivity index (χ1v) is 8.22. The lowest BCUT2D eigenvalue weighted by Crippen LogP contribution is -2.28. The maximum absolute atomic E-state index is 12.7. The van der Waals surface area contributed by atoms with Gasteiger partial charge in [-0.2, -0.15) is 0 Å². The number of benzene rings is 2. The van der Waals surface area contributed by atoms with E-state index in [-0.39, 0.29) is 17.7 Å². The summed E-state index contributed by atoms with van der Waals surface area (Å²) in [7, 11) is 0. The first kappa shape index (κ1) is 14.8. The Kier molecular flexibility index (Phi) is 3.97. The zero-order valence-electron chi connectivity index (χ0n) is 13.3. The van der Waals surface area contributed by atoms with Crippen LogP contribution in [-0.4, -0.2) is 24.0 Å². The molecule has 0 radical (unpaired) electrons. The number of carbonyl (C=O) groups excluding carboxylic acids is 1. The first-order valence-electron chi connectivity index (χ1n) is 8.22. The third-order valence-corrected chi connectivity index (χ3v) is 4.66. The van der Waals surface area contributed by atoms with Crippen LogP contribution in [0, 0.1) is 5.92 Å². The maximum atomic E-state index is 12.7. The maximum Gasteiger partial charge on any atom is 0.230 e. The van der Waals surface area contributed by atoms with Crippen LogP contribution in [0.1, 0.15) is 11.5 Å². The van der Waals surface area contributed by atoms with Crippen molar-refractivity contribution in [3.63, 3.8) is 0 Å². The molecule has 4 rings (SSSR count). The molecule has 2 atom stereocenters. The van der Waals surface area contributed by atoms with E-state index in [4.69, 9.17) is 0 Å². The first-order chi connectivity index (χ1) is 11.8. The molecule has 4 nitrogen and oxygen atoms in total. The normalized spacial score (nSPS) is 20.2. The number of hydrogen-bond donors (Lipinski definition) is 2. The zero-order chi connectivity index (χ0) is 16.4. The lowest BCUT2D eigenvalue weighted by Gasteiger charge is -2.18. The van der Waals surface area contributed by atoms with Crippen LogP contribution in [0.4, 0.5) is 5.82 Å². The van der Waals surface area contributed by atoms with E-state index in [1.807, 2.05) is 48.5 Å². The van der Waals surface area contributed by atoms with Crippen LogP contribution in [-0.2, 0) is 4.79 Å². The van der Waals surface area contributed by atoms with Crippen molar-refractivity contribution >= 4 is 22.5 Å². The highest BCUT2D eigenvalue weighted by atomic mass is 16.2. The lowest BCUT2D eigenvalue weighted by atomic mass is 9.88. The molecule has 2 heterocycles. The topological polar surface area (TPSA) is 54.0 Å². The molecule has 1 aliphatic heterocycles. The largest absolute Gasteiger partial charge is 0.315 e. The third kappa shape index (κ3) is 2.88. The summed E-state index contributed by atoms with van der Waals surface area (Å²) in [5, 5.41) is 8.47. The zero-order valence-corrected chi connectivity index (χ0v) is 13.3. The van der Waals surface area contributed by atoms with E-state index >= 15 is 0 Å². The van der Waals surface area contributed by atoms with Gasteiger partial charge in [-0.25, -0.2) is 4.98 Å². The Morgan fingerprint density at radius 2 is 1.75 bits per heavy atom. The van der Waals surface area contributed by atoms with E-state index in [0.717, 1.165) is 17.3 Å². The summed E-state index contributed by atoms with van der Waals surface area (Å²) in [4.78, 5) is 17.1. The van der Waals surface area contributed by atoms with E-state index in [2.05, 4.69) is 27.8 Å². The molecular weight excluding hydrogens is 298 g/mol. The van der Waals surface area contributed by atoms with Gasteiger partial charge in [0.15, 0.2) is 0 Å². The Labute approximate surface area is 140 Å². The van der Waals surface area contributed by atoms with E-state index < -0.39 is 0 Å². The summed E-state index contributed by atoms with van der Waals surface area (Å²) >= 11 is 0. The minimum Gasteiger partial charge on any atom is -0.315 e. The fraction of sp³-hybridized carbons (Fsp3) is 0.200. The van der Waals surface area contributed by atoms with Gasteiger partial charge < -0.3 is 10.6 Å². The van der Waals surface area contributed by atoms with Crippen molar-refractivity contribution in [3.8, 4) is 0 Å². The van der Waals surface area contributed by atoms with Gasteiger partial charge in [-0.05, 0) is 17.0 Å². The van der Waals surface area contributed by atoms with E-state index in [9.17, 15) is 4.79 Å².